The third-order valence-corrected chi connectivity index (χ3v) is 3.82. The second-order valence-electron chi connectivity index (χ2n) is 4.61. The molecule has 1 aromatic carbocycles. The fourth-order valence-electron chi connectivity index (χ4n) is 1.74. The van der Waals surface area contributed by atoms with Gasteiger partial charge >= 0.3 is 0 Å². The summed E-state index contributed by atoms with van der Waals surface area (Å²) in [6.07, 6.45) is 0.800. The van der Waals surface area contributed by atoms with E-state index in [1.807, 2.05) is 44.4 Å². The molecule has 0 fully saturated rings. The average molecular weight is 368 g/mol. The quantitative estimate of drug-likeness (QED) is 0.843. The molecule has 1 aromatic heterocycles. The summed E-state index contributed by atoms with van der Waals surface area (Å²) in [5, 5.41) is 0. The van der Waals surface area contributed by atoms with Crippen LogP contribution >= 0.6 is 22.6 Å². The van der Waals surface area contributed by atoms with Gasteiger partial charge in [-0.3, -0.25) is 0 Å². The zero-order valence-corrected chi connectivity index (χ0v) is 13.3. The number of likely N-dealkylation sites (N-methyl/N-ethyl adjacent to an activating group) is 1. The number of anilines is 1. The van der Waals surface area contributed by atoms with Crippen LogP contribution < -0.4 is 5.73 Å². The minimum absolute atomic E-state index is 0.559. The number of hydrogen-bond donors (Lipinski definition) is 1. The molecule has 0 unspecified atom stereocenters. The molecule has 0 aliphatic carbocycles. The average Bonchev–Trinajstić information content (AvgIpc) is 2.41. The summed E-state index contributed by atoms with van der Waals surface area (Å²) in [4.78, 5) is 11.1. The first kappa shape index (κ1) is 14.2. The van der Waals surface area contributed by atoms with E-state index < -0.39 is 0 Å². The molecule has 5 heteroatoms. The van der Waals surface area contributed by atoms with E-state index in [-0.39, 0.29) is 0 Å². The van der Waals surface area contributed by atoms with E-state index in [2.05, 4.69) is 37.5 Å². The Kier molecular flexibility index (Phi) is 4.71. The molecule has 1 heterocycles. The van der Waals surface area contributed by atoms with Gasteiger partial charge in [-0.25, -0.2) is 9.97 Å². The van der Waals surface area contributed by atoms with Gasteiger partial charge in [-0.1, -0.05) is 30.3 Å². The molecule has 4 nitrogen and oxygen atoms in total. The highest BCUT2D eigenvalue weighted by Gasteiger charge is 2.11. The van der Waals surface area contributed by atoms with Gasteiger partial charge in [-0.15, -0.1) is 0 Å². The van der Waals surface area contributed by atoms with Gasteiger partial charge in [-0.2, -0.15) is 0 Å². The number of halogens is 1. The van der Waals surface area contributed by atoms with Gasteiger partial charge in [0.1, 0.15) is 11.6 Å². The van der Waals surface area contributed by atoms with Gasteiger partial charge in [-0.05, 0) is 36.7 Å². The lowest BCUT2D eigenvalue weighted by atomic mass is 10.1. The standard InChI is InChI=1S/C14H17IN4/c1-19(2)9-8-11-17-13(12(15)14(16)18-11)10-6-4-3-5-7-10/h3-7H,8-9H2,1-2H3,(H2,16,17,18). The van der Waals surface area contributed by atoms with E-state index in [0.717, 1.165) is 33.6 Å². The summed E-state index contributed by atoms with van der Waals surface area (Å²) in [7, 11) is 4.07. The highest BCUT2D eigenvalue weighted by molar-refractivity contribution is 14.1. The highest BCUT2D eigenvalue weighted by Crippen LogP contribution is 2.26. The van der Waals surface area contributed by atoms with Gasteiger partial charge in [0.2, 0.25) is 0 Å². The molecule has 0 radical (unpaired) electrons. The molecule has 2 N–H and O–H groups in total. The van der Waals surface area contributed by atoms with E-state index in [4.69, 9.17) is 5.73 Å². The molecule has 0 saturated heterocycles. The largest absolute Gasteiger partial charge is 0.383 e. The molecular weight excluding hydrogens is 351 g/mol. The van der Waals surface area contributed by atoms with Gasteiger partial charge < -0.3 is 10.6 Å². The summed E-state index contributed by atoms with van der Waals surface area (Å²) in [6.45, 7) is 0.911. The third-order valence-electron chi connectivity index (χ3n) is 2.75. The Balaban J connectivity index is 2.38. The number of aromatic nitrogens is 2. The first-order valence-electron chi connectivity index (χ1n) is 6.10. The molecular formula is C14H17IN4. The Labute approximate surface area is 127 Å². The van der Waals surface area contributed by atoms with Crippen LogP contribution in [0.4, 0.5) is 5.82 Å². The van der Waals surface area contributed by atoms with Crippen LogP contribution in [-0.2, 0) is 6.42 Å². The van der Waals surface area contributed by atoms with Crippen LogP contribution in [0.2, 0.25) is 0 Å². The maximum Gasteiger partial charge on any atom is 0.141 e. The van der Waals surface area contributed by atoms with Gasteiger partial charge in [0.05, 0.1) is 9.26 Å². The van der Waals surface area contributed by atoms with E-state index in [1.54, 1.807) is 0 Å². The third kappa shape index (κ3) is 3.63. The van der Waals surface area contributed by atoms with Gasteiger partial charge in [0.15, 0.2) is 0 Å². The molecule has 0 amide bonds. The lowest BCUT2D eigenvalue weighted by Gasteiger charge is -2.11. The van der Waals surface area contributed by atoms with Crippen molar-refractivity contribution in [3.8, 4) is 11.3 Å². The van der Waals surface area contributed by atoms with Gasteiger partial charge in [0.25, 0.3) is 0 Å². The predicted molar refractivity (Wildman–Crippen MR) is 86.9 cm³/mol. The monoisotopic (exact) mass is 368 g/mol. The Morgan fingerprint density at radius 3 is 2.47 bits per heavy atom. The lowest BCUT2D eigenvalue weighted by molar-refractivity contribution is 0.409. The van der Waals surface area contributed by atoms with Crippen molar-refractivity contribution in [3.05, 3.63) is 39.7 Å². The van der Waals surface area contributed by atoms with Crippen molar-refractivity contribution in [1.82, 2.24) is 14.9 Å². The molecule has 100 valence electrons. The molecule has 0 spiro atoms. The Hall–Kier alpha value is -1.21. The van der Waals surface area contributed by atoms with Crippen molar-refractivity contribution in [2.75, 3.05) is 26.4 Å². The molecule has 2 rings (SSSR count). The summed E-state index contributed by atoms with van der Waals surface area (Å²) in [5.74, 6) is 1.36. The summed E-state index contributed by atoms with van der Waals surface area (Å²) >= 11 is 2.21. The Morgan fingerprint density at radius 1 is 1.16 bits per heavy atom. The molecule has 19 heavy (non-hydrogen) atoms. The first-order valence-corrected chi connectivity index (χ1v) is 7.18. The molecule has 0 aliphatic heterocycles. The van der Waals surface area contributed by atoms with E-state index in [0.29, 0.717) is 5.82 Å². The zero-order chi connectivity index (χ0) is 13.8. The number of rotatable bonds is 4. The minimum atomic E-state index is 0.559. The van der Waals surface area contributed by atoms with E-state index >= 15 is 0 Å². The van der Waals surface area contributed by atoms with Crippen LogP contribution in [0.1, 0.15) is 5.82 Å². The van der Waals surface area contributed by atoms with Crippen LogP contribution in [0, 0.1) is 3.57 Å². The molecule has 0 aliphatic rings. The summed E-state index contributed by atoms with van der Waals surface area (Å²) in [6, 6.07) is 10.1. The Morgan fingerprint density at radius 2 is 1.84 bits per heavy atom. The van der Waals surface area contributed by atoms with Crippen molar-refractivity contribution >= 4 is 28.4 Å². The SMILES string of the molecule is CN(C)CCc1nc(N)c(I)c(-c2ccccc2)n1. The van der Waals surface area contributed by atoms with Crippen LogP contribution in [0.15, 0.2) is 30.3 Å². The van der Waals surface area contributed by atoms with Crippen molar-refractivity contribution in [2.24, 2.45) is 0 Å². The topological polar surface area (TPSA) is 55.0 Å². The maximum absolute atomic E-state index is 5.99. The van der Waals surface area contributed by atoms with Crippen LogP contribution in [0.25, 0.3) is 11.3 Å². The summed E-state index contributed by atoms with van der Waals surface area (Å²) < 4.78 is 0.914. The van der Waals surface area contributed by atoms with E-state index in [1.165, 1.54) is 0 Å². The van der Waals surface area contributed by atoms with Crippen LogP contribution in [0.3, 0.4) is 0 Å². The highest BCUT2D eigenvalue weighted by atomic mass is 127. The van der Waals surface area contributed by atoms with Crippen LogP contribution in [-0.4, -0.2) is 35.5 Å². The zero-order valence-electron chi connectivity index (χ0n) is 11.1. The molecule has 2 aromatic rings. The van der Waals surface area contributed by atoms with E-state index in [9.17, 15) is 0 Å². The first-order chi connectivity index (χ1) is 9.08. The number of nitrogen functional groups attached to an aromatic ring is 1. The van der Waals surface area contributed by atoms with Gasteiger partial charge in [0, 0.05) is 18.5 Å². The normalized spacial score (nSPS) is 10.9. The molecule has 0 bridgehead atoms. The predicted octanol–water partition coefficient (Wildman–Crippen LogP) is 2.43. The fraction of sp³-hybridized carbons (Fsp3) is 0.286. The number of hydrogen-bond acceptors (Lipinski definition) is 4. The number of nitrogens with two attached hydrogens (primary N) is 1. The number of nitrogens with zero attached hydrogens (tertiary/aromatic N) is 3. The second-order valence-corrected chi connectivity index (χ2v) is 5.69. The number of benzene rings is 1. The lowest BCUT2D eigenvalue weighted by Crippen LogP contribution is -2.17. The van der Waals surface area contributed by atoms with Crippen molar-refractivity contribution < 1.29 is 0 Å². The van der Waals surface area contributed by atoms with Crippen LogP contribution in [0.5, 0.6) is 0 Å². The van der Waals surface area contributed by atoms with Crippen molar-refractivity contribution in [3.63, 3.8) is 0 Å². The second kappa shape index (κ2) is 6.29. The van der Waals surface area contributed by atoms with Crippen molar-refractivity contribution in [1.29, 1.82) is 0 Å². The molecule has 0 atom stereocenters. The minimum Gasteiger partial charge on any atom is -0.383 e. The molecule has 0 saturated carbocycles. The smallest absolute Gasteiger partial charge is 0.141 e. The maximum atomic E-state index is 5.99. The fourth-order valence-corrected chi connectivity index (χ4v) is 2.29. The van der Waals surface area contributed by atoms with Crippen molar-refractivity contribution in [2.45, 2.75) is 6.42 Å². The summed E-state index contributed by atoms with van der Waals surface area (Å²) in [5.41, 5.74) is 7.99. The Bertz CT molecular complexity index is 555.